The van der Waals surface area contributed by atoms with Crippen molar-refractivity contribution in [1.29, 1.82) is 0 Å². The van der Waals surface area contributed by atoms with Gasteiger partial charge in [-0.05, 0) is 19.3 Å². The summed E-state index contributed by atoms with van der Waals surface area (Å²) >= 11 is 0. The molecule has 0 atom stereocenters. The Morgan fingerprint density at radius 3 is 1.55 bits per heavy atom. The topological polar surface area (TPSA) is 9.23 Å². The Balaban J connectivity index is 3.56. The van der Waals surface area contributed by atoms with Crippen molar-refractivity contribution in [2.75, 3.05) is 6.61 Å². The molecule has 0 fully saturated rings. The van der Waals surface area contributed by atoms with Crippen LogP contribution < -0.4 is 0 Å². The molecule has 0 aliphatic carbocycles. The van der Waals surface area contributed by atoms with Crippen LogP contribution in [0.4, 0.5) is 0 Å². The van der Waals surface area contributed by atoms with Gasteiger partial charge in [0.15, 0.2) is 0 Å². The standard InChI is InChI=1S/C19H40O/c1-4-7-10-11-12-15-18-20-19(16-13-8-5-2)17-14-9-6-3/h19H,4-18H2,1-3H3. The molecule has 0 radical (unpaired) electrons. The van der Waals surface area contributed by atoms with Gasteiger partial charge in [-0.2, -0.15) is 0 Å². The maximum atomic E-state index is 6.14. The monoisotopic (exact) mass is 284 g/mol. The molecule has 0 saturated heterocycles. The lowest BCUT2D eigenvalue weighted by Crippen LogP contribution is -2.14. The quantitative estimate of drug-likeness (QED) is 0.280. The summed E-state index contributed by atoms with van der Waals surface area (Å²) < 4.78 is 6.14. The average Bonchev–Trinajstić information content (AvgIpc) is 2.46. The molecular formula is C19H40O. The third kappa shape index (κ3) is 14.4. The molecule has 0 bridgehead atoms. The fourth-order valence-corrected chi connectivity index (χ4v) is 2.69. The van der Waals surface area contributed by atoms with Crippen LogP contribution in [0, 0.1) is 0 Å². The molecule has 0 aromatic rings. The summed E-state index contributed by atoms with van der Waals surface area (Å²) in [5.74, 6) is 0. The highest BCUT2D eigenvalue weighted by molar-refractivity contribution is 4.59. The number of hydrogen-bond acceptors (Lipinski definition) is 1. The van der Waals surface area contributed by atoms with Crippen LogP contribution in [0.5, 0.6) is 0 Å². The fraction of sp³-hybridized carbons (Fsp3) is 1.00. The number of ether oxygens (including phenoxy) is 1. The van der Waals surface area contributed by atoms with Gasteiger partial charge in [0.1, 0.15) is 0 Å². The summed E-state index contributed by atoms with van der Waals surface area (Å²) in [6.45, 7) is 7.84. The molecule has 1 nitrogen and oxygen atoms in total. The van der Waals surface area contributed by atoms with Gasteiger partial charge >= 0.3 is 0 Å². The highest BCUT2D eigenvalue weighted by atomic mass is 16.5. The van der Waals surface area contributed by atoms with E-state index in [9.17, 15) is 0 Å². The van der Waals surface area contributed by atoms with Crippen molar-refractivity contribution in [2.45, 2.75) is 117 Å². The van der Waals surface area contributed by atoms with E-state index in [1.807, 2.05) is 0 Å². The summed E-state index contributed by atoms with van der Waals surface area (Å²) in [4.78, 5) is 0. The van der Waals surface area contributed by atoms with E-state index < -0.39 is 0 Å². The zero-order valence-corrected chi connectivity index (χ0v) is 14.6. The highest BCUT2D eigenvalue weighted by Gasteiger charge is 2.08. The van der Waals surface area contributed by atoms with Crippen molar-refractivity contribution in [3.05, 3.63) is 0 Å². The minimum atomic E-state index is 0.545. The molecule has 0 aromatic carbocycles. The maximum Gasteiger partial charge on any atom is 0.0575 e. The van der Waals surface area contributed by atoms with Crippen LogP contribution in [0.15, 0.2) is 0 Å². The zero-order chi connectivity index (χ0) is 14.9. The van der Waals surface area contributed by atoms with Crippen LogP contribution >= 0.6 is 0 Å². The van der Waals surface area contributed by atoms with Gasteiger partial charge in [0.25, 0.3) is 0 Å². The lowest BCUT2D eigenvalue weighted by Gasteiger charge is -2.18. The van der Waals surface area contributed by atoms with E-state index in [1.165, 1.54) is 89.9 Å². The lowest BCUT2D eigenvalue weighted by molar-refractivity contribution is 0.0359. The van der Waals surface area contributed by atoms with Gasteiger partial charge in [-0.25, -0.2) is 0 Å². The highest BCUT2D eigenvalue weighted by Crippen LogP contribution is 2.15. The maximum absolute atomic E-state index is 6.14. The SMILES string of the molecule is CCCCCCCCOC(CCCCC)CCCCC. The summed E-state index contributed by atoms with van der Waals surface area (Å²) in [6, 6.07) is 0. The van der Waals surface area contributed by atoms with Crippen LogP contribution in [0.2, 0.25) is 0 Å². The molecule has 122 valence electrons. The molecule has 0 heterocycles. The first kappa shape index (κ1) is 20.0. The van der Waals surface area contributed by atoms with Gasteiger partial charge in [0.05, 0.1) is 6.10 Å². The van der Waals surface area contributed by atoms with Gasteiger partial charge in [-0.3, -0.25) is 0 Å². The van der Waals surface area contributed by atoms with Gasteiger partial charge in [-0.15, -0.1) is 0 Å². The lowest BCUT2D eigenvalue weighted by atomic mass is 10.0. The summed E-state index contributed by atoms with van der Waals surface area (Å²) in [5, 5.41) is 0. The molecule has 0 saturated carbocycles. The minimum Gasteiger partial charge on any atom is -0.378 e. The Kier molecular flexibility index (Phi) is 17.0. The van der Waals surface area contributed by atoms with E-state index in [1.54, 1.807) is 0 Å². The molecular weight excluding hydrogens is 244 g/mol. The van der Waals surface area contributed by atoms with Crippen LogP contribution in [0.1, 0.15) is 111 Å². The van der Waals surface area contributed by atoms with Crippen molar-refractivity contribution < 1.29 is 4.74 Å². The first-order chi connectivity index (χ1) is 9.85. The molecule has 0 aliphatic heterocycles. The molecule has 0 unspecified atom stereocenters. The van der Waals surface area contributed by atoms with E-state index in [4.69, 9.17) is 4.74 Å². The van der Waals surface area contributed by atoms with Crippen LogP contribution in [-0.4, -0.2) is 12.7 Å². The third-order valence-corrected chi connectivity index (χ3v) is 4.11. The smallest absolute Gasteiger partial charge is 0.0575 e. The van der Waals surface area contributed by atoms with Crippen molar-refractivity contribution in [3.63, 3.8) is 0 Å². The Bertz CT molecular complexity index is 157. The van der Waals surface area contributed by atoms with Crippen molar-refractivity contribution in [3.8, 4) is 0 Å². The second-order valence-electron chi connectivity index (χ2n) is 6.25. The Labute approximate surface area is 128 Å². The Morgan fingerprint density at radius 1 is 0.550 bits per heavy atom. The van der Waals surface area contributed by atoms with Crippen molar-refractivity contribution in [1.82, 2.24) is 0 Å². The molecule has 1 heteroatoms. The van der Waals surface area contributed by atoms with Gasteiger partial charge in [0, 0.05) is 6.61 Å². The van der Waals surface area contributed by atoms with Crippen molar-refractivity contribution >= 4 is 0 Å². The normalized spacial score (nSPS) is 11.4. The molecule has 0 amide bonds. The van der Waals surface area contributed by atoms with Crippen LogP contribution in [0.25, 0.3) is 0 Å². The first-order valence-corrected chi connectivity index (χ1v) is 9.46. The predicted molar refractivity (Wildman–Crippen MR) is 91.4 cm³/mol. The van der Waals surface area contributed by atoms with E-state index in [2.05, 4.69) is 20.8 Å². The second kappa shape index (κ2) is 17.0. The van der Waals surface area contributed by atoms with Crippen LogP contribution in [-0.2, 0) is 4.74 Å². The van der Waals surface area contributed by atoms with Gasteiger partial charge < -0.3 is 4.74 Å². The predicted octanol–water partition coefficient (Wildman–Crippen LogP) is 6.89. The van der Waals surface area contributed by atoms with E-state index >= 15 is 0 Å². The van der Waals surface area contributed by atoms with E-state index in [-0.39, 0.29) is 0 Å². The summed E-state index contributed by atoms with van der Waals surface area (Å²) in [6.07, 6.45) is 19.4. The zero-order valence-electron chi connectivity index (χ0n) is 14.6. The van der Waals surface area contributed by atoms with E-state index in [0.29, 0.717) is 6.10 Å². The molecule has 0 rings (SSSR count). The van der Waals surface area contributed by atoms with Gasteiger partial charge in [-0.1, -0.05) is 91.4 Å². The molecule has 0 spiro atoms. The Morgan fingerprint density at radius 2 is 1.00 bits per heavy atom. The van der Waals surface area contributed by atoms with Crippen LogP contribution in [0.3, 0.4) is 0 Å². The fourth-order valence-electron chi connectivity index (χ4n) is 2.69. The first-order valence-electron chi connectivity index (χ1n) is 9.46. The number of unbranched alkanes of at least 4 members (excludes halogenated alkanes) is 9. The molecule has 20 heavy (non-hydrogen) atoms. The summed E-state index contributed by atoms with van der Waals surface area (Å²) in [5.41, 5.74) is 0. The Hall–Kier alpha value is -0.0400. The van der Waals surface area contributed by atoms with Crippen molar-refractivity contribution in [2.24, 2.45) is 0 Å². The molecule has 0 N–H and O–H groups in total. The number of hydrogen-bond donors (Lipinski definition) is 0. The molecule has 0 aliphatic rings. The average molecular weight is 285 g/mol. The number of rotatable bonds is 16. The van der Waals surface area contributed by atoms with E-state index in [0.717, 1.165) is 6.61 Å². The summed E-state index contributed by atoms with van der Waals surface area (Å²) in [7, 11) is 0. The minimum absolute atomic E-state index is 0.545. The second-order valence-corrected chi connectivity index (χ2v) is 6.25. The van der Waals surface area contributed by atoms with Gasteiger partial charge in [0.2, 0.25) is 0 Å². The third-order valence-electron chi connectivity index (χ3n) is 4.11. The largest absolute Gasteiger partial charge is 0.378 e. The molecule has 0 aromatic heterocycles.